The van der Waals surface area contributed by atoms with Gasteiger partial charge in [-0.2, -0.15) is 0 Å². The number of amides is 1. The van der Waals surface area contributed by atoms with Crippen LogP contribution in [0.25, 0.3) is 0 Å². The zero-order valence-electron chi connectivity index (χ0n) is 9.52. The van der Waals surface area contributed by atoms with Crippen LogP contribution in [0.5, 0.6) is 0 Å². The number of thiophene rings is 1. The molecule has 0 fully saturated rings. The lowest BCUT2D eigenvalue weighted by Crippen LogP contribution is -2.25. The van der Waals surface area contributed by atoms with Crippen LogP contribution in [0.4, 0.5) is 0 Å². The Morgan fingerprint density at radius 3 is 2.83 bits per heavy atom. The van der Waals surface area contributed by atoms with E-state index in [-0.39, 0.29) is 5.91 Å². The van der Waals surface area contributed by atoms with E-state index in [0.29, 0.717) is 12.1 Å². The Morgan fingerprint density at radius 1 is 1.33 bits per heavy atom. The second-order valence-corrected chi connectivity index (χ2v) is 6.08. The van der Waals surface area contributed by atoms with Gasteiger partial charge in [-0.05, 0) is 36.8 Å². The number of thiol groups is 1. The summed E-state index contributed by atoms with van der Waals surface area (Å²) in [6.45, 7) is 0.604. The highest BCUT2D eigenvalue weighted by Crippen LogP contribution is 2.21. The van der Waals surface area contributed by atoms with Crippen molar-refractivity contribution in [1.29, 1.82) is 0 Å². The summed E-state index contributed by atoms with van der Waals surface area (Å²) in [5.41, 5.74) is 0.631. The van der Waals surface area contributed by atoms with Gasteiger partial charge in [-0.15, -0.1) is 24.0 Å². The highest BCUT2D eigenvalue weighted by Gasteiger charge is 2.05. The van der Waals surface area contributed by atoms with Crippen molar-refractivity contribution >= 4 is 41.5 Å². The minimum absolute atomic E-state index is 0.0754. The fourth-order valence-corrected chi connectivity index (χ4v) is 2.85. The van der Waals surface area contributed by atoms with Crippen molar-refractivity contribution in [2.24, 2.45) is 0 Å². The number of rotatable bonds is 4. The van der Waals surface area contributed by atoms with Crippen molar-refractivity contribution in [2.75, 3.05) is 6.54 Å². The quantitative estimate of drug-likeness (QED) is 0.829. The maximum atomic E-state index is 11.8. The van der Waals surface area contributed by atoms with Crippen molar-refractivity contribution in [3.63, 3.8) is 0 Å². The van der Waals surface area contributed by atoms with E-state index in [9.17, 15) is 4.79 Å². The van der Waals surface area contributed by atoms with Gasteiger partial charge in [-0.3, -0.25) is 4.79 Å². The van der Waals surface area contributed by atoms with Crippen molar-refractivity contribution in [2.45, 2.75) is 11.3 Å². The van der Waals surface area contributed by atoms with Crippen LogP contribution < -0.4 is 5.32 Å². The van der Waals surface area contributed by atoms with Gasteiger partial charge >= 0.3 is 0 Å². The van der Waals surface area contributed by atoms with E-state index >= 15 is 0 Å². The van der Waals surface area contributed by atoms with Gasteiger partial charge in [-0.25, -0.2) is 0 Å². The summed E-state index contributed by atoms with van der Waals surface area (Å²) in [4.78, 5) is 13.8. The second-order valence-electron chi connectivity index (χ2n) is 3.76. The molecule has 0 saturated heterocycles. The molecule has 1 amide bonds. The minimum atomic E-state index is -0.0754. The molecule has 2 aromatic rings. The maximum Gasteiger partial charge on any atom is 0.251 e. The lowest BCUT2D eigenvalue weighted by molar-refractivity contribution is 0.0954. The van der Waals surface area contributed by atoms with Gasteiger partial charge in [0.05, 0.1) is 4.34 Å². The molecule has 0 aliphatic heterocycles. The molecule has 0 bridgehead atoms. The fourth-order valence-electron chi connectivity index (χ4n) is 1.53. The first-order chi connectivity index (χ1) is 8.65. The van der Waals surface area contributed by atoms with Gasteiger partial charge in [-0.1, -0.05) is 17.7 Å². The van der Waals surface area contributed by atoms with Crippen LogP contribution in [0.2, 0.25) is 4.34 Å². The molecule has 1 aromatic heterocycles. The summed E-state index contributed by atoms with van der Waals surface area (Å²) >= 11 is 11.6. The first kappa shape index (κ1) is 13.5. The van der Waals surface area contributed by atoms with Gasteiger partial charge in [0.1, 0.15) is 0 Å². The summed E-state index contributed by atoms with van der Waals surface area (Å²) in [5.74, 6) is -0.0754. The second kappa shape index (κ2) is 6.27. The van der Waals surface area contributed by atoms with Crippen LogP contribution in [0.15, 0.2) is 41.3 Å². The Bertz CT molecular complexity index is 553. The molecule has 0 saturated carbocycles. The number of carbonyl (C=O) groups excluding carboxylic acids is 1. The zero-order chi connectivity index (χ0) is 13.0. The standard InChI is InChI=1S/C13H12ClNOS2/c14-12-5-4-11(18-12)6-7-15-13(16)9-2-1-3-10(17)8-9/h1-5,8,17H,6-7H2,(H,15,16). The normalized spacial score (nSPS) is 10.3. The molecule has 18 heavy (non-hydrogen) atoms. The topological polar surface area (TPSA) is 29.1 Å². The largest absolute Gasteiger partial charge is 0.352 e. The van der Waals surface area contributed by atoms with Crippen LogP contribution in [-0.4, -0.2) is 12.5 Å². The molecule has 0 aliphatic carbocycles. The minimum Gasteiger partial charge on any atom is -0.352 e. The lowest BCUT2D eigenvalue weighted by Gasteiger charge is -2.04. The van der Waals surface area contributed by atoms with Crippen molar-refractivity contribution in [3.8, 4) is 0 Å². The highest BCUT2D eigenvalue weighted by molar-refractivity contribution is 7.80. The van der Waals surface area contributed by atoms with Crippen LogP contribution in [-0.2, 0) is 6.42 Å². The molecule has 2 nitrogen and oxygen atoms in total. The lowest BCUT2D eigenvalue weighted by atomic mass is 10.2. The highest BCUT2D eigenvalue weighted by atomic mass is 35.5. The molecule has 0 spiro atoms. The first-order valence-corrected chi connectivity index (χ1v) is 7.11. The van der Waals surface area contributed by atoms with Gasteiger partial charge in [0, 0.05) is 21.9 Å². The average Bonchev–Trinajstić information content (AvgIpc) is 2.75. The summed E-state index contributed by atoms with van der Waals surface area (Å²) in [7, 11) is 0. The Kier molecular flexibility index (Phi) is 4.69. The average molecular weight is 298 g/mol. The molecule has 1 N–H and O–H groups in total. The van der Waals surface area contributed by atoms with Crippen LogP contribution in [0.1, 0.15) is 15.2 Å². The van der Waals surface area contributed by atoms with Crippen molar-refractivity contribution in [3.05, 3.63) is 51.2 Å². The summed E-state index contributed by atoms with van der Waals surface area (Å²) in [5, 5.41) is 2.87. The third-order valence-electron chi connectivity index (χ3n) is 2.39. The van der Waals surface area contributed by atoms with E-state index < -0.39 is 0 Å². The molecule has 1 heterocycles. The molecule has 0 radical (unpaired) electrons. The summed E-state index contributed by atoms with van der Waals surface area (Å²) in [6, 6.07) is 11.0. The molecule has 94 valence electrons. The van der Waals surface area contributed by atoms with Gasteiger partial charge in [0.2, 0.25) is 0 Å². The zero-order valence-corrected chi connectivity index (χ0v) is 12.0. The molecule has 0 unspecified atom stereocenters. The number of benzene rings is 1. The summed E-state index contributed by atoms with van der Waals surface area (Å²) in [6.07, 6.45) is 0.795. The number of carbonyl (C=O) groups is 1. The molecule has 2 rings (SSSR count). The third kappa shape index (κ3) is 3.77. The summed E-state index contributed by atoms with van der Waals surface area (Å²) < 4.78 is 0.777. The third-order valence-corrected chi connectivity index (χ3v) is 3.96. The molecule has 0 aliphatic rings. The maximum absolute atomic E-state index is 11.8. The van der Waals surface area contributed by atoms with Crippen LogP contribution in [0, 0.1) is 0 Å². The van der Waals surface area contributed by atoms with Gasteiger partial charge < -0.3 is 5.32 Å². The van der Waals surface area contributed by atoms with E-state index in [2.05, 4.69) is 17.9 Å². The number of hydrogen-bond acceptors (Lipinski definition) is 3. The number of nitrogens with one attached hydrogen (secondary N) is 1. The van der Waals surface area contributed by atoms with Crippen molar-refractivity contribution < 1.29 is 4.79 Å². The number of halogens is 1. The number of hydrogen-bond donors (Lipinski definition) is 2. The predicted molar refractivity (Wildman–Crippen MR) is 79.1 cm³/mol. The predicted octanol–water partition coefficient (Wildman–Crippen LogP) is 3.66. The first-order valence-electron chi connectivity index (χ1n) is 5.46. The van der Waals surface area contributed by atoms with Crippen LogP contribution >= 0.6 is 35.6 Å². The van der Waals surface area contributed by atoms with E-state index in [1.807, 2.05) is 24.3 Å². The van der Waals surface area contributed by atoms with Crippen LogP contribution in [0.3, 0.4) is 0 Å². The Morgan fingerprint density at radius 2 is 2.17 bits per heavy atom. The fraction of sp³-hybridized carbons (Fsp3) is 0.154. The molecule has 0 atom stereocenters. The SMILES string of the molecule is O=C(NCCc1ccc(Cl)s1)c1cccc(S)c1. The van der Waals surface area contributed by atoms with Gasteiger partial charge in [0.15, 0.2) is 0 Å². The van der Waals surface area contributed by atoms with Crippen molar-refractivity contribution in [1.82, 2.24) is 5.32 Å². The smallest absolute Gasteiger partial charge is 0.251 e. The van der Waals surface area contributed by atoms with E-state index in [0.717, 1.165) is 15.7 Å². The monoisotopic (exact) mass is 297 g/mol. The van der Waals surface area contributed by atoms with E-state index in [1.54, 1.807) is 12.1 Å². The van der Waals surface area contributed by atoms with E-state index in [4.69, 9.17) is 11.6 Å². The molecule has 5 heteroatoms. The molecule has 1 aromatic carbocycles. The Balaban J connectivity index is 1.85. The molecular formula is C13H12ClNOS2. The Labute approximate surface area is 120 Å². The molecular weight excluding hydrogens is 286 g/mol. The van der Waals surface area contributed by atoms with Gasteiger partial charge in [0.25, 0.3) is 5.91 Å². The Hall–Kier alpha value is -0.970. The van der Waals surface area contributed by atoms with E-state index in [1.165, 1.54) is 16.2 Å².